The highest BCUT2D eigenvalue weighted by Crippen LogP contribution is 2.25. The second kappa shape index (κ2) is 5.39. The highest BCUT2D eigenvalue weighted by Gasteiger charge is 2.42. The lowest BCUT2D eigenvalue weighted by atomic mass is 10.1. The molecule has 1 aliphatic rings. The molecule has 1 saturated heterocycles. The fourth-order valence-electron chi connectivity index (χ4n) is 1.65. The lowest BCUT2D eigenvalue weighted by Crippen LogP contribution is -2.56. The van der Waals surface area contributed by atoms with Crippen LogP contribution in [-0.2, 0) is 18.9 Å². The van der Waals surface area contributed by atoms with Crippen molar-refractivity contribution in [2.75, 3.05) is 20.8 Å². The summed E-state index contributed by atoms with van der Waals surface area (Å²) in [6.07, 6.45) is -3.62. The van der Waals surface area contributed by atoms with Gasteiger partial charge in [0.2, 0.25) is 0 Å². The Kier molecular flexibility index (Phi) is 4.66. The molecule has 0 aromatic carbocycles. The molecular formula is C10H20O6. The normalized spacial score (nSPS) is 31.7. The summed E-state index contributed by atoms with van der Waals surface area (Å²) < 4.78 is 20.5. The molecule has 6 nitrogen and oxygen atoms in total. The molecule has 0 radical (unpaired) electrons. The Morgan fingerprint density at radius 2 is 1.88 bits per heavy atom. The number of aliphatic hydroxyl groups excluding tert-OH is 2. The van der Waals surface area contributed by atoms with Gasteiger partial charge in [0.1, 0.15) is 18.3 Å². The van der Waals surface area contributed by atoms with Gasteiger partial charge in [-0.15, -0.1) is 0 Å². The zero-order valence-electron chi connectivity index (χ0n) is 10.0. The molecule has 0 spiro atoms. The van der Waals surface area contributed by atoms with Crippen LogP contribution in [0.4, 0.5) is 0 Å². The van der Waals surface area contributed by atoms with E-state index in [1.54, 1.807) is 13.8 Å². The zero-order valence-corrected chi connectivity index (χ0v) is 10.0. The molecule has 6 heteroatoms. The lowest BCUT2D eigenvalue weighted by Gasteiger charge is -2.41. The summed E-state index contributed by atoms with van der Waals surface area (Å²) in [6.45, 7) is 3.54. The molecule has 0 amide bonds. The van der Waals surface area contributed by atoms with Crippen LogP contribution in [0.25, 0.3) is 0 Å². The molecule has 0 unspecified atom stereocenters. The highest BCUT2D eigenvalue weighted by molar-refractivity contribution is 4.84. The van der Waals surface area contributed by atoms with Gasteiger partial charge >= 0.3 is 0 Å². The predicted octanol–water partition coefficient (Wildman–Crippen LogP) is -0.521. The number of aliphatic hydroxyl groups is 2. The van der Waals surface area contributed by atoms with Gasteiger partial charge in [-0.25, -0.2) is 0 Å². The number of hydrogen-bond donors (Lipinski definition) is 2. The summed E-state index contributed by atoms with van der Waals surface area (Å²) in [5.74, 6) is -0.836. The zero-order chi connectivity index (χ0) is 12.3. The van der Waals surface area contributed by atoms with Crippen LogP contribution in [0.1, 0.15) is 13.8 Å². The summed E-state index contributed by atoms with van der Waals surface area (Å²) in [5, 5.41) is 19.6. The summed E-state index contributed by atoms with van der Waals surface area (Å²) >= 11 is 0. The topological polar surface area (TPSA) is 77.4 Å². The molecule has 0 bridgehead atoms. The maximum atomic E-state index is 9.95. The van der Waals surface area contributed by atoms with E-state index in [0.717, 1.165) is 0 Å². The second-order valence-corrected chi connectivity index (χ2v) is 4.19. The molecule has 2 N–H and O–H groups in total. The Morgan fingerprint density at radius 3 is 2.38 bits per heavy atom. The van der Waals surface area contributed by atoms with Crippen LogP contribution < -0.4 is 0 Å². The average molecular weight is 236 g/mol. The number of ether oxygens (including phenoxy) is 4. The lowest BCUT2D eigenvalue weighted by molar-refractivity contribution is -0.334. The molecule has 1 fully saturated rings. The van der Waals surface area contributed by atoms with Crippen LogP contribution in [0.15, 0.2) is 0 Å². The predicted molar refractivity (Wildman–Crippen MR) is 54.7 cm³/mol. The summed E-state index contributed by atoms with van der Waals surface area (Å²) in [7, 11) is 2.82. The van der Waals surface area contributed by atoms with E-state index in [0.29, 0.717) is 0 Å². The first-order valence-electron chi connectivity index (χ1n) is 5.15. The first kappa shape index (κ1) is 13.8. The second-order valence-electron chi connectivity index (χ2n) is 4.19. The molecule has 0 aromatic heterocycles. The van der Waals surface area contributed by atoms with Crippen LogP contribution in [0.3, 0.4) is 0 Å². The molecule has 16 heavy (non-hydrogen) atoms. The first-order valence-corrected chi connectivity index (χ1v) is 5.15. The van der Waals surface area contributed by atoms with Crippen molar-refractivity contribution in [2.24, 2.45) is 0 Å². The van der Waals surface area contributed by atoms with Crippen molar-refractivity contribution >= 4 is 0 Å². The largest absolute Gasteiger partial charge is 0.388 e. The van der Waals surface area contributed by atoms with Crippen LogP contribution in [0.2, 0.25) is 0 Å². The Morgan fingerprint density at radius 1 is 1.31 bits per heavy atom. The van der Waals surface area contributed by atoms with Gasteiger partial charge in [-0.05, 0) is 13.8 Å². The third-order valence-electron chi connectivity index (χ3n) is 2.48. The molecule has 0 saturated carbocycles. The van der Waals surface area contributed by atoms with Crippen LogP contribution >= 0.6 is 0 Å². The van der Waals surface area contributed by atoms with E-state index in [1.807, 2.05) is 0 Å². The van der Waals surface area contributed by atoms with Crippen molar-refractivity contribution in [3.05, 3.63) is 0 Å². The molecule has 3 atom stereocenters. The summed E-state index contributed by atoms with van der Waals surface area (Å²) in [4.78, 5) is 0. The minimum atomic E-state index is -1.08. The number of methoxy groups -OCH3 is 2. The molecule has 1 heterocycles. The van der Waals surface area contributed by atoms with Crippen molar-refractivity contribution in [2.45, 2.75) is 44.2 Å². The fraction of sp³-hybridized carbons (Fsp3) is 1.00. The highest BCUT2D eigenvalue weighted by atomic mass is 16.7. The number of rotatable bonds is 4. The van der Waals surface area contributed by atoms with Gasteiger partial charge in [0.25, 0.3) is 0 Å². The van der Waals surface area contributed by atoms with Crippen molar-refractivity contribution in [3.63, 3.8) is 0 Å². The third-order valence-corrected chi connectivity index (χ3v) is 2.48. The molecule has 1 aliphatic heterocycles. The quantitative estimate of drug-likeness (QED) is 0.639. The standard InChI is InChI=1S/C10H20O6/c1-10(2)15-5-6(11)8(16-10)7(12)9(13-3)14-4/h6-9,11-12H,5H2,1-4H3/t6-,7+,8+/m0/s1. The van der Waals surface area contributed by atoms with Gasteiger partial charge in [0, 0.05) is 14.2 Å². The molecule has 96 valence electrons. The van der Waals surface area contributed by atoms with E-state index in [2.05, 4.69) is 0 Å². The van der Waals surface area contributed by atoms with Crippen LogP contribution in [0.5, 0.6) is 0 Å². The van der Waals surface area contributed by atoms with Gasteiger partial charge in [0.05, 0.1) is 6.61 Å². The summed E-state index contributed by atoms with van der Waals surface area (Å²) in [6, 6.07) is 0. The molecule has 0 aromatic rings. The Labute approximate surface area is 95.1 Å². The van der Waals surface area contributed by atoms with Gasteiger partial charge in [-0.2, -0.15) is 0 Å². The Hall–Kier alpha value is -0.240. The van der Waals surface area contributed by atoms with Gasteiger partial charge in [0.15, 0.2) is 12.1 Å². The van der Waals surface area contributed by atoms with E-state index >= 15 is 0 Å². The average Bonchev–Trinajstić information content (AvgIpc) is 2.23. The molecule has 1 rings (SSSR count). The van der Waals surface area contributed by atoms with Crippen molar-refractivity contribution in [3.8, 4) is 0 Å². The minimum absolute atomic E-state index is 0.106. The van der Waals surface area contributed by atoms with Crippen LogP contribution in [-0.4, -0.2) is 61.4 Å². The van der Waals surface area contributed by atoms with E-state index in [1.165, 1.54) is 14.2 Å². The summed E-state index contributed by atoms with van der Waals surface area (Å²) in [5.41, 5.74) is 0. The van der Waals surface area contributed by atoms with E-state index in [-0.39, 0.29) is 6.61 Å². The smallest absolute Gasteiger partial charge is 0.185 e. The van der Waals surface area contributed by atoms with E-state index in [4.69, 9.17) is 18.9 Å². The maximum Gasteiger partial charge on any atom is 0.185 e. The monoisotopic (exact) mass is 236 g/mol. The van der Waals surface area contributed by atoms with E-state index in [9.17, 15) is 10.2 Å². The van der Waals surface area contributed by atoms with Crippen molar-refractivity contribution in [1.29, 1.82) is 0 Å². The molecular weight excluding hydrogens is 216 g/mol. The third kappa shape index (κ3) is 3.13. The van der Waals surface area contributed by atoms with Crippen LogP contribution in [0, 0.1) is 0 Å². The Balaban J connectivity index is 2.68. The number of hydrogen-bond acceptors (Lipinski definition) is 6. The fourth-order valence-corrected chi connectivity index (χ4v) is 1.65. The van der Waals surface area contributed by atoms with Gasteiger partial charge < -0.3 is 29.2 Å². The molecule has 0 aliphatic carbocycles. The van der Waals surface area contributed by atoms with Gasteiger partial charge in [-0.3, -0.25) is 0 Å². The first-order chi connectivity index (χ1) is 7.41. The van der Waals surface area contributed by atoms with Gasteiger partial charge in [-0.1, -0.05) is 0 Å². The SMILES string of the molecule is COC(OC)[C@H](O)[C@@H]1OC(C)(C)OC[C@@H]1O. The Bertz CT molecular complexity index is 215. The maximum absolute atomic E-state index is 9.95. The van der Waals surface area contributed by atoms with Crippen molar-refractivity contribution in [1.82, 2.24) is 0 Å². The van der Waals surface area contributed by atoms with Crippen molar-refractivity contribution < 1.29 is 29.2 Å². The van der Waals surface area contributed by atoms with E-state index < -0.39 is 30.4 Å². The minimum Gasteiger partial charge on any atom is -0.388 e.